The van der Waals surface area contributed by atoms with Crippen molar-refractivity contribution in [1.82, 2.24) is 0 Å². The molecule has 0 spiro atoms. The lowest BCUT2D eigenvalue weighted by molar-refractivity contribution is 0.312. The van der Waals surface area contributed by atoms with Gasteiger partial charge in [0.1, 0.15) is 0 Å². The molecular formula is CH3N3O2. The van der Waals surface area contributed by atoms with Crippen LogP contribution in [0.5, 0.6) is 0 Å². The van der Waals surface area contributed by atoms with Crippen molar-refractivity contribution in [2.75, 3.05) is 0 Å². The van der Waals surface area contributed by atoms with Crippen LogP contribution in [0.2, 0.25) is 0 Å². The van der Waals surface area contributed by atoms with Crippen LogP contribution >= 0.6 is 0 Å². The number of hydrogen-bond donors (Lipinski definition) is 2. The third kappa shape index (κ3) is 4.48. The molecule has 0 radical (unpaired) electrons. The van der Waals surface area contributed by atoms with Crippen LogP contribution in [0.4, 0.5) is 0 Å². The Morgan fingerprint density at radius 3 is 2.00 bits per heavy atom. The molecule has 0 saturated heterocycles. The van der Waals surface area contributed by atoms with Gasteiger partial charge in [0.25, 0.3) is 0 Å². The average Bonchev–Trinajstić information content (AvgIpc) is 1.39. The van der Waals surface area contributed by atoms with Gasteiger partial charge in [0.15, 0.2) is 11.5 Å². The molecule has 0 aliphatic carbocycles. The summed E-state index contributed by atoms with van der Waals surface area (Å²) in [4.78, 5) is 8.11. The maximum absolute atomic E-state index is 8.11. The summed E-state index contributed by atoms with van der Waals surface area (Å²) in [5.41, 5.74) is 4.15. The zero-order valence-electron chi connectivity index (χ0n) is 2.83. The molecule has 0 atom stereocenters. The van der Waals surface area contributed by atoms with E-state index in [1.165, 1.54) is 11.5 Å². The van der Waals surface area contributed by atoms with Crippen LogP contribution in [0.15, 0.2) is 5.34 Å². The second-order valence-electron chi connectivity index (χ2n) is 0.211. The Bertz CT molecular complexity index is 54.3. The van der Waals surface area contributed by atoms with E-state index in [4.69, 9.17) is 15.4 Å². The van der Waals surface area contributed by atoms with Crippen LogP contribution in [0.25, 0.3) is 0 Å². The van der Waals surface area contributed by atoms with Gasteiger partial charge in [-0.3, -0.25) is 0 Å². The lowest BCUT2D eigenvalue weighted by atomic mass is 11.5. The van der Waals surface area contributed by atoms with E-state index < -0.39 is 0 Å². The van der Waals surface area contributed by atoms with Gasteiger partial charge in [-0.25, -0.2) is 0 Å². The normalized spacial score (nSPS) is 3.17. The molecule has 34 valence electrons. The largest absolute Gasteiger partial charge is 0.379 e. The summed E-state index contributed by atoms with van der Waals surface area (Å²) in [6.45, 7) is 0. The summed E-state index contributed by atoms with van der Waals surface area (Å²) in [6.07, 6.45) is 1.25. The molecule has 0 aromatic carbocycles. The third-order valence-corrected chi connectivity index (χ3v) is 0. The van der Waals surface area contributed by atoms with Crippen molar-refractivity contribution in [3.05, 3.63) is 4.91 Å². The number of nitrogens with two attached hydrogens (primary N) is 1. The van der Waals surface area contributed by atoms with Crippen LogP contribution in [0.1, 0.15) is 0 Å². The third-order valence-electron chi connectivity index (χ3n) is 0. The first-order valence-electron chi connectivity index (χ1n) is 0.895. The second-order valence-corrected chi connectivity index (χ2v) is 0.211. The fourth-order valence-corrected chi connectivity index (χ4v) is 0. The minimum atomic E-state index is 1.25. The minimum absolute atomic E-state index is 1.25. The number of nitrogens with zero attached hydrogens (tertiary/aromatic N) is 2. The number of hydrogen-bond acceptors (Lipinski definition) is 4. The minimum Gasteiger partial charge on any atom is -0.379 e. The topological polar surface area (TPSA) is 99.5 Å². The van der Waals surface area contributed by atoms with E-state index in [2.05, 4.69) is 5.73 Å². The average molecular weight is 89.1 g/mol. The predicted molar refractivity (Wildman–Crippen MR) is 17.4 cm³/mol. The monoisotopic (exact) mass is 89.0 g/mol. The van der Waals surface area contributed by atoms with Gasteiger partial charge in [0.05, 0.1) is 0 Å². The first-order chi connectivity index (χ1) is 2.83. The van der Waals surface area contributed by atoms with E-state index in [1.807, 2.05) is 0 Å². The molecule has 5 nitrogen and oxygen atoms in total. The molecular weight excluding hydrogens is 86.0 g/mol. The SMILES string of the molecule is N#CN.O=NO. The van der Waals surface area contributed by atoms with Crippen molar-refractivity contribution in [3.8, 4) is 6.19 Å². The highest BCUT2D eigenvalue weighted by Gasteiger charge is 1.18. The van der Waals surface area contributed by atoms with E-state index in [0.29, 0.717) is 0 Å². The van der Waals surface area contributed by atoms with E-state index >= 15 is 0 Å². The molecule has 0 aromatic heterocycles. The van der Waals surface area contributed by atoms with Gasteiger partial charge in [-0.05, 0) is 0 Å². The Hall–Kier alpha value is -1.31. The van der Waals surface area contributed by atoms with Gasteiger partial charge in [-0.15, -0.1) is 4.91 Å². The standard InChI is InChI=1S/CH2N2.HNO2/c2*2-1-3/h2H2;(H,2,3). The van der Waals surface area contributed by atoms with Gasteiger partial charge in [-0.1, -0.05) is 0 Å². The molecule has 3 N–H and O–H groups in total. The molecule has 0 aliphatic rings. The Kier molecular flexibility index (Phi) is 82.5. The first kappa shape index (κ1) is 8.83. The lowest BCUT2D eigenvalue weighted by Gasteiger charge is -1.32. The highest BCUT2D eigenvalue weighted by atomic mass is 16.6. The van der Waals surface area contributed by atoms with Crippen molar-refractivity contribution < 1.29 is 5.21 Å². The Morgan fingerprint density at radius 2 is 2.00 bits per heavy atom. The lowest BCUT2D eigenvalue weighted by Crippen LogP contribution is -1.69. The van der Waals surface area contributed by atoms with Crippen molar-refractivity contribution in [1.29, 1.82) is 5.26 Å². The maximum Gasteiger partial charge on any atom is 0.173 e. The molecule has 0 aliphatic heterocycles. The summed E-state index contributed by atoms with van der Waals surface area (Å²) in [5.74, 6) is 0. The molecule has 0 saturated carbocycles. The fraction of sp³-hybridized carbons (Fsp3) is 0. The second kappa shape index (κ2) is 56.1. The highest BCUT2D eigenvalue weighted by Crippen LogP contribution is 1.25. The van der Waals surface area contributed by atoms with Crippen LogP contribution in [0, 0.1) is 16.4 Å². The van der Waals surface area contributed by atoms with Crippen LogP contribution in [-0.2, 0) is 0 Å². The van der Waals surface area contributed by atoms with Gasteiger partial charge in [0, 0.05) is 0 Å². The molecule has 0 fully saturated rings. The fourth-order valence-electron chi connectivity index (χ4n) is 0. The Balaban J connectivity index is 0. The van der Waals surface area contributed by atoms with Crippen molar-refractivity contribution in [2.45, 2.75) is 0 Å². The smallest absolute Gasteiger partial charge is 0.173 e. The first-order valence-corrected chi connectivity index (χ1v) is 0.895. The van der Waals surface area contributed by atoms with E-state index in [-0.39, 0.29) is 0 Å². The predicted octanol–water partition coefficient (Wildman–Crippen LogP) is -0.432. The molecule has 0 aromatic rings. The number of rotatable bonds is 0. The summed E-state index contributed by atoms with van der Waals surface area (Å²) < 4.78 is 0. The van der Waals surface area contributed by atoms with Gasteiger partial charge < -0.3 is 10.9 Å². The van der Waals surface area contributed by atoms with Crippen LogP contribution < -0.4 is 5.73 Å². The zero-order chi connectivity index (χ0) is 5.41. The summed E-state index contributed by atoms with van der Waals surface area (Å²) in [5, 5.41) is 15.0. The van der Waals surface area contributed by atoms with E-state index in [1.54, 1.807) is 0 Å². The molecule has 6 heavy (non-hydrogen) atoms. The molecule has 0 unspecified atom stereocenters. The van der Waals surface area contributed by atoms with Crippen LogP contribution in [-0.4, -0.2) is 5.21 Å². The maximum atomic E-state index is 8.11. The van der Waals surface area contributed by atoms with Crippen LogP contribution in [0.3, 0.4) is 0 Å². The zero-order valence-corrected chi connectivity index (χ0v) is 2.83. The van der Waals surface area contributed by atoms with Gasteiger partial charge in [0.2, 0.25) is 0 Å². The quantitative estimate of drug-likeness (QED) is 0.182. The van der Waals surface area contributed by atoms with Gasteiger partial charge in [-0.2, -0.15) is 5.26 Å². The summed E-state index contributed by atoms with van der Waals surface area (Å²) in [6, 6.07) is 0. The Labute approximate surface area is 33.9 Å². The molecule has 0 bridgehead atoms. The molecule has 0 heterocycles. The van der Waals surface area contributed by atoms with Crippen molar-refractivity contribution >= 4 is 0 Å². The molecule has 5 heteroatoms. The Morgan fingerprint density at radius 1 is 2.00 bits per heavy atom. The van der Waals surface area contributed by atoms with E-state index in [0.717, 1.165) is 0 Å². The van der Waals surface area contributed by atoms with Crippen molar-refractivity contribution in [3.63, 3.8) is 0 Å². The number of nitriles is 1. The molecule has 0 amide bonds. The van der Waals surface area contributed by atoms with Crippen molar-refractivity contribution in [2.24, 2.45) is 11.1 Å². The summed E-state index contributed by atoms with van der Waals surface area (Å²) >= 11 is 0. The highest BCUT2D eigenvalue weighted by molar-refractivity contribution is 4.46. The molecule has 0 rings (SSSR count). The van der Waals surface area contributed by atoms with Gasteiger partial charge >= 0.3 is 0 Å². The van der Waals surface area contributed by atoms with E-state index in [9.17, 15) is 0 Å². The summed E-state index contributed by atoms with van der Waals surface area (Å²) in [7, 11) is 0.